The van der Waals surface area contributed by atoms with Crippen LogP contribution in [-0.4, -0.2) is 41.4 Å². The van der Waals surface area contributed by atoms with Crippen LogP contribution in [0.25, 0.3) is 0 Å². The van der Waals surface area contributed by atoms with Crippen molar-refractivity contribution in [3.05, 3.63) is 24.2 Å². The summed E-state index contributed by atoms with van der Waals surface area (Å²) in [7, 11) is 0. The first-order valence-electron chi connectivity index (χ1n) is 7.58. The number of likely N-dealkylation sites (tertiary alicyclic amines) is 1. The average molecular weight is 318 g/mol. The summed E-state index contributed by atoms with van der Waals surface area (Å²) < 4.78 is 5.17. The van der Waals surface area contributed by atoms with Crippen molar-refractivity contribution in [2.75, 3.05) is 13.1 Å². The molecule has 0 atom stereocenters. The SMILES string of the molecule is O=C1CC(C(=O)N2CCC(C(=O)NCc3ccco3)CC2)=NN1. The van der Waals surface area contributed by atoms with Gasteiger partial charge in [-0.2, -0.15) is 5.10 Å². The van der Waals surface area contributed by atoms with Crippen LogP contribution >= 0.6 is 0 Å². The molecule has 8 heteroatoms. The van der Waals surface area contributed by atoms with Gasteiger partial charge in [0.15, 0.2) is 0 Å². The fourth-order valence-corrected chi connectivity index (χ4v) is 2.74. The number of piperidine rings is 1. The van der Waals surface area contributed by atoms with Crippen LogP contribution in [0.2, 0.25) is 0 Å². The van der Waals surface area contributed by atoms with Crippen molar-refractivity contribution in [2.24, 2.45) is 11.0 Å². The first-order valence-corrected chi connectivity index (χ1v) is 7.58. The number of hydrogen-bond donors (Lipinski definition) is 2. The molecular formula is C15H18N4O4. The maximum atomic E-state index is 12.2. The van der Waals surface area contributed by atoms with Crippen LogP contribution in [0.1, 0.15) is 25.0 Å². The summed E-state index contributed by atoms with van der Waals surface area (Å²) in [5, 5.41) is 6.59. The van der Waals surface area contributed by atoms with E-state index >= 15 is 0 Å². The van der Waals surface area contributed by atoms with Crippen LogP contribution in [-0.2, 0) is 20.9 Å². The van der Waals surface area contributed by atoms with Gasteiger partial charge in [-0.3, -0.25) is 14.4 Å². The number of furan rings is 1. The topological polar surface area (TPSA) is 104 Å². The van der Waals surface area contributed by atoms with Crippen LogP contribution in [0.5, 0.6) is 0 Å². The number of carbonyl (C=O) groups is 3. The van der Waals surface area contributed by atoms with E-state index in [0.717, 1.165) is 0 Å². The Morgan fingerprint density at radius 3 is 2.78 bits per heavy atom. The molecule has 23 heavy (non-hydrogen) atoms. The summed E-state index contributed by atoms with van der Waals surface area (Å²) >= 11 is 0. The minimum Gasteiger partial charge on any atom is -0.467 e. The largest absolute Gasteiger partial charge is 0.467 e. The first kappa shape index (κ1) is 15.3. The summed E-state index contributed by atoms with van der Waals surface area (Å²) in [6.07, 6.45) is 2.80. The van der Waals surface area contributed by atoms with Gasteiger partial charge in [0.1, 0.15) is 11.5 Å². The third kappa shape index (κ3) is 3.58. The smallest absolute Gasteiger partial charge is 0.270 e. The molecule has 3 rings (SSSR count). The highest BCUT2D eigenvalue weighted by Crippen LogP contribution is 2.18. The van der Waals surface area contributed by atoms with Crippen molar-refractivity contribution < 1.29 is 18.8 Å². The maximum Gasteiger partial charge on any atom is 0.270 e. The van der Waals surface area contributed by atoms with Crippen molar-refractivity contribution in [1.29, 1.82) is 0 Å². The van der Waals surface area contributed by atoms with Gasteiger partial charge < -0.3 is 14.6 Å². The van der Waals surface area contributed by atoms with Gasteiger partial charge in [0.2, 0.25) is 11.8 Å². The van der Waals surface area contributed by atoms with Crippen LogP contribution in [0, 0.1) is 5.92 Å². The van der Waals surface area contributed by atoms with Gasteiger partial charge in [-0.05, 0) is 25.0 Å². The molecule has 0 bridgehead atoms. The molecule has 122 valence electrons. The van der Waals surface area contributed by atoms with Gasteiger partial charge in [-0.25, -0.2) is 5.43 Å². The summed E-state index contributed by atoms with van der Waals surface area (Å²) in [6.45, 7) is 1.35. The fraction of sp³-hybridized carbons (Fsp3) is 0.467. The van der Waals surface area contributed by atoms with Crippen molar-refractivity contribution in [1.82, 2.24) is 15.6 Å². The van der Waals surface area contributed by atoms with Crippen LogP contribution in [0.15, 0.2) is 27.9 Å². The van der Waals surface area contributed by atoms with E-state index in [1.54, 1.807) is 23.3 Å². The average Bonchev–Trinajstić information content (AvgIpc) is 3.23. The monoisotopic (exact) mass is 318 g/mol. The second-order valence-corrected chi connectivity index (χ2v) is 5.63. The lowest BCUT2D eigenvalue weighted by atomic mass is 9.95. The van der Waals surface area contributed by atoms with E-state index in [0.29, 0.717) is 38.2 Å². The van der Waals surface area contributed by atoms with Crippen LogP contribution < -0.4 is 10.7 Å². The van der Waals surface area contributed by atoms with Gasteiger partial charge in [-0.1, -0.05) is 0 Å². The molecular weight excluding hydrogens is 300 g/mol. The number of hydrogen-bond acceptors (Lipinski definition) is 5. The van der Waals surface area contributed by atoms with E-state index < -0.39 is 0 Å². The van der Waals surface area contributed by atoms with Crippen LogP contribution in [0.3, 0.4) is 0 Å². The number of rotatable bonds is 4. The predicted octanol–water partition coefficient (Wildman–Crippen LogP) is 0.0103. The summed E-state index contributed by atoms with van der Waals surface area (Å²) in [5.41, 5.74) is 2.52. The van der Waals surface area contributed by atoms with Gasteiger partial charge >= 0.3 is 0 Å². The van der Waals surface area contributed by atoms with Crippen molar-refractivity contribution in [3.8, 4) is 0 Å². The number of hydrazone groups is 1. The minimum atomic E-state index is -0.263. The Labute approximate surface area is 132 Å². The molecule has 2 N–H and O–H groups in total. The van der Waals surface area contributed by atoms with E-state index in [1.165, 1.54) is 0 Å². The van der Waals surface area contributed by atoms with Gasteiger partial charge in [0.25, 0.3) is 5.91 Å². The molecule has 0 spiro atoms. The highest BCUT2D eigenvalue weighted by Gasteiger charge is 2.31. The molecule has 3 heterocycles. The van der Waals surface area contributed by atoms with Crippen molar-refractivity contribution in [3.63, 3.8) is 0 Å². The lowest BCUT2D eigenvalue weighted by molar-refractivity contribution is -0.131. The normalized spacial score (nSPS) is 18.5. The second kappa shape index (κ2) is 6.64. The van der Waals surface area contributed by atoms with E-state index in [-0.39, 0.29) is 35.8 Å². The quantitative estimate of drug-likeness (QED) is 0.816. The molecule has 8 nitrogen and oxygen atoms in total. The summed E-state index contributed by atoms with van der Waals surface area (Å²) in [4.78, 5) is 37.1. The Morgan fingerprint density at radius 1 is 1.39 bits per heavy atom. The standard InChI is InChI=1S/C15H18N4O4/c20-13-8-12(17-18-13)15(22)19-5-3-10(4-6-19)14(21)16-9-11-2-1-7-23-11/h1-2,7,10H,3-6,8-9H2,(H,16,21)(H,18,20). The zero-order valence-electron chi connectivity index (χ0n) is 12.6. The third-order valence-corrected chi connectivity index (χ3v) is 4.06. The highest BCUT2D eigenvalue weighted by atomic mass is 16.3. The molecule has 2 aliphatic rings. The Morgan fingerprint density at radius 2 is 2.17 bits per heavy atom. The molecule has 0 radical (unpaired) electrons. The third-order valence-electron chi connectivity index (χ3n) is 4.06. The second-order valence-electron chi connectivity index (χ2n) is 5.63. The highest BCUT2D eigenvalue weighted by molar-refractivity contribution is 6.43. The van der Waals surface area contributed by atoms with E-state index in [9.17, 15) is 14.4 Å². The van der Waals surface area contributed by atoms with E-state index in [4.69, 9.17) is 4.42 Å². The molecule has 0 unspecified atom stereocenters. The molecule has 0 saturated carbocycles. The zero-order chi connectivity index (χ0) is 16.2. The molecule has 3 amide bonds. The maximum absolute atomic E-state index is 12.2. The van der Waals surface area contributed by atoms with E-state index in [2.05, 4.69) is 15.8 Å². The lowest BCUT2D eigenvalue weighted by Crippen LogP contribution is -2.45. The van der Waals surface area contributed by atoms with E-state index in [1.807, 2.05) is 0 Å². The predicted molar refractivity (Wildman–Crippen MR) is 80.1 cm³/mol. The van der Waals surface area contributed by atoms with Gasteiger partial charge in [0, 0.05) is 19.0 Å². The Bertz CT molecular complexity index is 630. The lowest BCUT2D eigenvalue weighted by Gasteiger charge is -2.31. The Hall–Kier alpha value is -2.64. The molecule has 2 aliphatic heterocycles. The molecule has 1 aromatic rings. The number of carbonyl (C=O) groups excluding carboxylic acids is 3. The van der Waals surface area contributed by atoms with Crippen LogP contribution in [0.4, 0.5) is 0 Å². The summed E-state index contributed by atoms with van der Waals surface area (Å²) in [5.74, 6) is 0.0866. The molecule has 1 fully saturated rings. The van der Waals surface area contributed by atoms with Gasteiger partial charge in [-0.15, -0.1) is 0 Å². The zero-order valence-corrected chi connectivity index (χ0v) is 12.6. The fourth-order valence-electron chi connectivity index (χ4n) is 2.74. The number of amides is 3. The molecule has 1 aromatic heterocycles. The Balaban J connectivity index is 1.45. The van der Waals surface area contributed by atoms with Gasteiger partial charge in [0.05, 0.1) is 19.2 Å². The molecule has 0 aliphatic carbocycles. The molecule has 1 saturated heterocycles. The minimum absolute atomic E-state index is 0.0245. The molecule has 0 aromatic carbocycles. The first-order chi connectivity index (χ1) is 11.1. The number of nitrogens with one attached hydrogen (secondary N) is 2. The Kier molecular flexibility index (Phi) is 4.40. The van der Waals surface area contributed by atoms with Crippen molar-refractivity contribution >= 4 is 23.4 Å². The number of nitrogens with zero attached hydrogens (tertiary/aromatic N) is 2. The van der Waals surface area contributed by atoms with Crippen molar-refractivity contribution in [2.45, 2.75) is 25.8 Å². The summed E-state index contributed by atoms with van der Waals surface area (Å²) in [6, 6.07) is 3.58.